The zero-order valence-electron chi connectivity index (χ0n) is 23.3. The molecule has 0 saturated carbocycles. The molecule has 0 radical (unpaired) electrons. The van der Waals surface area contributed by atoms with Crippen LogP contribution in [0.2, 0.25) is 0 Å². The van der Waals surface area contributed by atoms with Crippen LogP contribution in [-0.4, -0.2) is 4.98 Å². The Morgan fingerprint density at radius 2 is 1.14 bits per heavy atom. The van der Waals surface area contributed by atoms with Gasteiger partial charge < -0.3 is 18.2 Å². The summed E-state index contributed by atoms with van der Waals surface area (Å²) in [5.74, 6) is 0. The van der Waals surface area contributed by atoms with E-state index in [0.29, 0.717) is 0 Å². The van der Waals surface area contributed by atoms with Gasteiger partial charge in [-0.1, -0.05) is 48.5 Å². The molecule has 6 aromatic carbocycles. The van der Waals surface area contributed by atoms with Crippen molar-refractivity contribution in [3.63, 3.8) is 0 Å². The molecule has 0 saturated heterocycles. The van der Waals surface area contributed by atoms with Crippen LogP contribution in [0.5, 0.6) is 0 Å². The van der Waals surface area contributed by atoms with E-state index in [2.05, 4.69) is 88.7 Å². The van der Waals surface area contributed by atoms with Crippen molar-refractivity contribution in [3.8, 4) is 0 Å². The molecule has 0 amide bonds. The number of hydrogen-bond donors (Lipinski definition) is 0. The number of pyridine rings is 1. The fourth-order valence-electron chi connectivity index (χ4n) is 6.75. The first-order valence-corrected chi connectivity index (χ1v) is 14.6. The predicted molar refractivity (Wildman–Crippen MR) is 178 cm³/mol. The summed E-state index contributed by atoms with van der Waals surface area (Å²) in [6, 6.07) is 41.8. The monoisotopic (exact) mass is 566 g/mol. The number of anilines is 3. The lowest BCUT2D eigenvalue weighted by molar-refractivity contribution is 0.668. The molecule has 10 aromatic rings. The molecule has 0 N–H and O–H groups in total. The average Bonchev–Trinajstić information content (AvgIpc) is 3.76. The van der Waals surface area contributed by atoms with Gasteiger partial charge in [0.25, 0.3) is 0 Å². The standard InChI is InChI=1S/C39H22N2O3/c1-3-9-33-26(6-1)28-16-13-25(21-37(28)43-33)41(24-14-17-35-30(20-24)27-7-2-4-10-34(27)42-35)32-8-5-11-36-38(32)29-15-12-23-18-19-40-22-31(23)39(29)44-36/h1-22H. The summed E-state index contributed by atoms with van der Waals surface area (Å²) in [7, 11) is 0. The zero-order valence-corrected chi connectivity index (χ0v) is 23.3. The molecule has 0 bridgehead atoms. The topological polar surface area (TPSA) is 55.6 Å². The Balaban J connectivity index is 1.29. The Labute approximate surface area is 250 Å². The Kier molecular flexibility index (Phi) is 4.66. The number of para-hydroxylation sites is 2. The Bertz CT molecular complexity index is 2750. The summed E-state index contributed by atoms with van der Waals surface area (Å²) >= 11 is 0. The van der Waals surface area contributed by atoms with E-state index in [1.807, 2.05) is 54.9 Å². The maximum Gasteiger partial charge on any atom is 0.144 e. The minimum absolute atomic E-state index is 0.818. The third-order valence-electron chi connectivity index (χ3n) is 8.74. The minimum atomic E-state index is 0.818. The summed E-state index contributed by atoms with van der Waals surface area (Å²) < 4.78 is 19.1. The van der Waals surface area contributed by atoms with Gasteiger partial charge in [-0.3, -0.25) is 4.98 Å². The highest BCUT2D eigenvalue weighted by molar-refractivity contribution is 6.20. The van der Waals surface area contributed by atoms with Gasteiger partial charge in [0.1, 0.15) is 33.5 Å². The molecular formula is C39H22N2O3. The molecule has 0 atom stereocenters. The lowest BCUT2D eigenvalue weighted by Crippen LogP contribution is -2.10. The SMILES string of the molecule is c1ccc2c(c1)oc1cc(N(c3ccc4oc5ccccc5c4c3)c3cccc4oc5c6cnccc6ccc5c34)ccc12. The van der Waals surface area contributed by atoms with Crippen molar-refractivity contribution in [1.29, 1.82) is 0 Å². The smallest absolute Gasteiger partial charge is 0.144 e. The van der Waals surface area contributed by atoms with Crippen molar-refractivity contribution in [1.82, 2.24) is 4.98 Å². The number of nitrogens with zero attached hydrogens (tertiary/aromatic N) is 2. The molecule has 5 nitrogen and oxygen atoms in total. The molecule has 10 rings (SSSR count). The van der Waals surface area contributed by atoms with Crippen LogP contribution in [0.4, 0.5) is 17.1 Å². The first-order valence-electron chi connectivity index (χ1n) is 14.6. The highest BCUT2D eigenvalue weighted by Crippen LogP contribution is 2.46. The summed E-state index contributed by atoms with van der Waals surface area (Å²) in [5, 5.41) is 8.51. The molecule has 0 aliphatic heterocycles. The third-order valence-corrected chi connectivity index (χ3v) is 8.74. The number of aromatic nitrogens is 1. The molecule has 4 aromatic heterocycles. The first-order chi connectivity index (χ1) is 21.8. The summed E-state index contributed by atoms with van der Waals surface area (Å²) in [5.41, 5.74) is 8.09. The summed E-state index contributed by atoms with van der Waals surface area (Å²) in [4.78, 5) is 6.68. The van der Waals surface area contributed by atoms with E-state index >= 15 is 0 Å². The van der Waals surface area contributed by atoms with Gasteiger partial charge in [-0.2, -0.15) is 0 Å². The third kappa shape index (κ3) is 3.26. The quantitative estimate of drug-likeness (QED) is 0.213. The summed E-state index contributed by atoms with van der Waals surface area (Å²) in [6.07, 6.45) is 3.69. The van der Waals surface area contributed by atoms with Crippen molar-refractivity contribution in [3.05, 3.63) is 134 Å². The molecule has 44 heavy (non-hydrogen) atoms. The number of hydrogen-bond acceptors (Lipinski definition) is 5. The molecule has 0 spiro atoms. The minimum Gasteiger partial charge on any atom is -0.456 e. The summed E-state index contributed by atoms with van der Waals surface area (Å²) in [6.45, 7) is 0. The highest BCUT2D eigenvalue weighted by atomic mass is 16.3. The van der Waals surface area contributed by atoms with Crippen LogP contribution in [0.3, 0.4) is 0 Å². The van der Waals surface area contributed by atoms with Crippen molar-refractivity contribution < 1.29 is 13.3 Å². The normalized spacial score (nSPS) is 12.1. The number of furan rings is 3. The van der Waals surface area contributed by atoms with Crippen molar-refractivity contribution in [2.24, 2.45) is 0 Å². The second-order valence-corrected chi connectivity index (χ2v) is 11.2. The van der Waals surface area contributed by atoms with Crippen molar-refractivity contribution in [2.45, 2.75) is 0 Å². The van der Waals surface area contributed by atoms with E-state index in [1.165, 1.54) is 0 Å². The van der Waals surface area contributed by atoms with Crippen LogP contribution in [-0.2, 0) is 0 Å². The van der Waals surface area contributed by atoms with Gasteiger partial charge in [0, 0.05) is 62.2 Å². The van der Waals surface area contributed by atoms with Gasteiger partial charge in [0.2, 0.25) is 0 Å². The van der Waals surface area contributed by atoms with Gasteiger partial charge in [-0.05, 0) is 72.1 Å². The number of benzene rings is 6. The molecule has 5 heteroatoms. The van der Waals surface area contributed by atoms with E-state index in [4.69, 9.17) is 13.3 Å². The maximum atomic E-state index is 6.55. The lowest BCUT2D eigenvalue weighted by Gasteiger charge is -2.26. The second kappa shape index (κ2) is 8.72. The molecule has 0 unspecified atom stereocenters. The lowest BCUT2D eigenvalue weighted by atomic mass is 10.0. The van der Waals surface area contributed by atoms with E-state index in [1.54, 1.807) is 0 Å². The number of fused-ring (bicyclic) bond motifs is 11. The Hall–Kier alpha value is -6.07. The van der Waals surface area contributed by atoms with Gasteiger partial charge in [-0.25, -0.2) is 0 Å². The Morgan fingerprint density at radius 1 is 0.455 bits per heavy atom. The van der Waals surface area contributed by atoms with Crippen molar-refractivity contribution in [2.75, 3.05) is 4.90 Å². The van der Waals surface area contributed by atoms with E-state index < -0.39 is 0 Å². The molecule has 0 aliphatic carbocycles. The van der Waals surface area contributed by atoms with E-state index in [9.17, 15) is 0 Å². The average molecular weight is 567 g/mol. The van der Waals surface area contributed by atoms with Crippen molar-refractivity contribution >= 4 is 93.7 Å². The molecule has 0 fully saturated rings. The molecule has 206 valence electrons. The zero-order chi connectivity index (χ0) is 28.8. The second-order valence-electron chi connectivity index (χ2n) is 11.2. The van der Waals surface area contributed by atoms with Crippen LogP contribution in [0.25, 0.3) is 76.6 Å². The van der Waals surface area contributed by atoms with Gasteiger partial charge in [0.05, 0.1) is 11.1 Å². The Morgan fingerprint density at radius 3 is 2.02 bits per heavy atom. The van der Waals surface area contributed by atoms with Gasteiger partial charge in [-0.15, -0.1) is 0 Å². The van der Waals surface area contributed by atoms with Crippen LogP contribution in [0.15, 0.2) is 147 Å². The van der Waals surface area contributed by atoms with Crippen LogP contribution in [0.1, 0.15) is 0 Å². The maximum absolute atomic E-state index is 6.55. The predicted octanol–water partition coefficient (Wildman–Crippen LogP) is 11.4. The van der Waals surface area contributed by atoms with Crippen LogP contribution < -0.4 is 4.90 Å². The van der Waals surface area contributed by atoms with Crippen LogP contribution >= 0.6 is 0 Å². The fourth-order valence-corrected chi connectivity index (χ4v) is 6.75. The van der Waals surface area contributed by atoms with Crippen LogP contribution in [0, 0.1) is 0 Å². The molecule has 4 heterocycles. The van der Waals surface area contributed by atoms with E-state index in [-0.39, 0.29) is 0 Å². The van der Waals surface area contributed by atoms with Gasteiger partial charge >= 0.3 is 0 Å². The largest absolute Gasteiger partial charge is 0.456 e. The molecule has 0 aliphatic rings. The van der Waals surface area contributed by atoms with Gasteiger partial charge in [0.15, 0.2) is 0 Å². The first kappa shape index (κ1) is 23.5. The fraction of sp³-hybridized carbons (Fsp3) is 0. The van der Waals surface area contributed by atoms with E-state index in [0.717, 1.165) is 93.7 Å². The highest BCUT2D eigenvalue weighted by Gasteiger charge is 2.22. The number of rotatable bonds is 3. The molecular weight excluding hydrogens is 544 g/mol.